The second-order valence-corrected chi connectivity index (χ2v) is 4.83. The number of carbonyl (C=O) groups excluding carboxylic acids is 1. The number of amides is 1. The molecule has 1 aromatic rings. The molecule has 0 unspecified atom stereocenters. The smallest absolute Gasteiger partial charge is 0.370 e. The highest BCUT2D eigenvalue weighted by atomic mass is 35.5. The second-order valence-electron chi connectivity index (χ2n) is 4.42. The van der Waals surface area contributed by atoms with Gasteiger partial charge in [-0.2, -0.15) is 13.2 Å². The number of carbonyl (C=O) groups is 1. The van der Waals surface area contributed by atoms with Crippen molar-refractivity contribution in [2.24, 2.45) is 0 Å². The van der Waals surface area contributed by atoms with E-state index in [9.17, 15) is 18.0 Å². The maximum Gasteiger partial charge on any atom is 0.406 e. The van der Waals surface area contributed by atoms with Gasteiger partial charge >= 0.3 is 6.18 Å². The molecule has 1 aromatic heterocycles. The van der Waals surface area contributed by atoms with Gasteiger partial charge in [0.1, 0.15) is 12.4 Å². The van der Waals surface area contributed by atoms with E-state index in [1.165, 1.54) is 12.3 Å². The zero-order valence-corrected chi connectivity index (χ0v) is 12.6. The highest BCUT2D eigenvalue weighted by molar-refractivity contribution is 6.33. The van der Waals surface area contributed by atoms with Crippen LogP contribution in [0.3, 0.4) is 0 Å². The largest absolute Gasteiger partial charge is 0.406 e. The summed E-state index contributed by atoms with van der Waals surface area (Å²) in [6.07, 6.45) is -2.77. The molecule has 118 valence electrons. The van der Waals surface area contributed by atoms with E-state index >= 15 is 0 Å². The maximum absolute atomic E-state index is 12.6. The number of nitrogens with zero attached hydrogens (tertiary/aromatic N) is 2. The van der Waals surface area contributed by atoms with Gasteiger partial charge < -0.3 is 10.2 Å². The summed E-state index contributed by atoms with van der Waals surface area (Å²) in [5.41, 5.74) is 0.0142. The Morgan fingerprint density at radius 1 is 1.43 bits per heavy atom. The first kappa shape index (κ1) is 17.6. The predicted octanol–water partition coefficient (Wildman–Crippen LogP) is 3.58. The van der Waals surface area contributed by atoms with Gasteiger partial charge in [0.15, 0.2) is 0 Å². The van der Waals surface area contributed by atoms with Gasteiger partial charge in [0.05, 0.1) is 10.6 Å². The molecule has 0 bridgehead atoms. The molecule has 0 aliphatic heterocycles. The summed E-state index contributed by atoms with van der Waals surface area (Å²) < 4.78 is 37.7. The molecular weight excluding hydrogens is 307 g/mol. The second kappa shape index (κ2) is 7.49. The molecule has 0 atom stereocenters. The Labute approximate surface area is 126 Å². The average Bonchev–Trinajstić information content (AvgIpc) is 2.38. The standard InChI is InChI=1S/C13H17ClF3N3O/c1-3-5-20(8-13(15,16)17)12(21)9-6-11(18-4-2)19-7-10(9)14/h6-7H,3-5,8H2,1-2H3,(H,18,19). The summed E-state index contributed by atoms with van der Waals surface area (Å²) in [4.78, 5) is 17.0. The van der Waals surface area contributed by atoms with Gasteiger partial charge in [-0.15, -0.1) is 0 Å². The molecule has 21 heavy (non-hydrogen) atoms. The van der Waals surface area contributed by atoms with Gasteiger partial charge in [-0.1, -0.05) is 18.5 Å². The van der Waals surface area contributed by atoms with Crippen molar-refractivity contribution in [3.8, 4) is 0 Å². The third-order valence-corrected chi connectivity index (χ3v) is 2.90. The zero-order valence-electron chi connectivity index (χ0n) is 11.8. The number of halogens is 4. The lowest BCUT2D eigenvalue weighted by Crippen LogP contribution is -2.39. The summed E-state index contributed by atoms with van der Waals surface area (Å²) in [6, 6.07) is 1.37. The first-order valence-corrected chi connectivity index (χ1v) is 6.91. The van der Waals surface area contributed by atoms with Gasteiger partial charge in [-0.3, -0.25) is 4.79 Å². The Kier molecular flexibility index (Phi) is 6.26. The molecule has 1 heterocycles. The Morgan fingerprint density at radius 2 is 2.10 bits per heavy atom. The van der Waals surface area contributed by atoms with Crippen LogP contribution in [0, 0.1) is 0 Å². The molecule has 1 rings (SSSR count). The quantitative estimate of drug-likeness (QED) is 0.870. The number of alkyl halides is 3. The van der Waals surface area contributed by atoms with E-state index in [4.69, 9.17) is 11.6 Å². The highest BCUT2D eigenvalue weighted by Crippen LogP contribution is 2.23. The first-order chi connectivity index (χ1) is 9.78. The van der Waals surface area contributed by atoms with Gasteiger partial charge in [0.25, 0.3) is 5.91 Å². The fourth-order valence-electron chi connectivity index (χ4n) is 1.79. The van der Waals surface area contributed by atoms with Crippen molar-refractivity contribution in [1.29, 1.82) is 0 Å². The summed E-state index contributed by atoms with van der Waals surface area (Å²) in [5, 5.41) is 2.92. The minimum atomic E-state index is -4.45. The van der Waals surface area contributed by atoms with Gasteiger partial charge in [-0.05, 0) is 19.4 Å². The molecule has 0 spiro atoms. The van der Waals surface area contributed by atoms with Crippen molar-refractivity contribution in [2.45, 2.75) is 26.4 Å². The average molecular weight is 324 g/mol. The Balaban J connectivity index is 3.04. The minimum absolute atomic E-state index is 0.00747. The molecular formula is C13H17ClF3N3O. The third-order valence-electron chi connectivity index (χ3n) is 2.59. The SMILES string of the molecule is CCCN(CC(F)(F)F)C(=O)c1cc(NCC)ncc1Cl. The van der Waals surface area contributed by atoms with Crippen LogP contribution < -0.4 is 5.32 Å². The molecule has 1 N–H and O–H groups in total. The third kappa shape index (κ3) is 5.41. The number of pyridine rings is 1. The van der Waals surface area contributed by atoms with Crippen molar-refractivity contribution in [2.75, 3.05) is 25.0 Å². The van der Waals surface area contributed by atoms with E-state index in [1.54, 1.807) is 6.92 Å². The summed E-state index contributed by atoms with van der Waals surface area (Å²) >= 11 is 5.89. The maximum atomic E-state index is 12.6. The van der Waals surface area contributed by atoms with Crippen molar-refractivity contribution >= 4 is 23.3 Å². The molecule has 0 aliphatic carbocycles. The topological polar surface area (TPSA) is 45.2 Å². The predicted molar refractivity (Wildman–Crippen MR) is 75.7 cm³/mol. The van der Waals surface area contributed by atoms with Crippen molar-refractivity contribution in [3.05, 3.63) is 22.8 Å². The van der Waals surface area contributed by atoms with E-state index in [0.717, 1.165) is 4.90 Å². The van der Waals surface area contributed by atoms with E-state index < -0.39 is 18.6 Å². The molecule has 0 saturated carbocycles. The Bertz CT molecular complexity index is 494. The van der Waals surface area contributed by atoms with Crippen molar-refractivity contribution < 1.29 is 18.0 Å². The lowest BCUT2D eigenvalue weighted by molar-refractivity contribution is -0.140. The normalized spacial score (nSPS) is 11.3. The van der Waals surface area contributed by atoms with Gasteiger partial charge in [0, 0.05) is 19.3 Å². The van der Waals surface area contributed by atoms with Crippen LogP contribution >= 0.6 is 11.6 Å². The van der Waals surface area contributed by atoms with Gasteiger partial charge in [-0.25, -0.2) is 4.98 Å². The van der Waals surface area contributed by atoms with Crippen LogP contribution in [0.1, 0.15) is 30.6 Å². The van der Waals surface area contributed by atoms with Crippen LogP contribution in [0.4, 0.5) is 19.0 Å². The number of anilines is 1. The van der Waals surface area contributed by atoms with E-state index in [1.807, 2.05) is 6.92 Å². The van der Waals surface area contributed by atoms with E-state index in [0.29, 0.717) is 18.8 Å². The fourth-order valence-corrected chi connectivity index (χ4v) is 1.97. The molecule has 0 fully saturated rings. The first-order valence-electron chi connectivity index (χ1n) is 6.54. The molecule has 0 aromatic carbocycles. The Morgan fingerprint density at radius 3 is 2.62 bits per heavy atom. The lowest BCUT2D eigenvalue weighted by Gasteiger charge is -2.24. The molecule has 4 nitrogen and oxygen atoms in total. The van der Waals surface area contributed by atoms with Crippen molar-refractivity contribution in [1.82, 2.24) is 9.88 Å². The summed E-state index contributed by atoms with van der Waals surface area (Å²) in [5.74, 6) is -0.352. The monoisotopic (exact) mass is 323 g/mol. The van der Waals surface area contributed by atoms with Crippen LogP contribution in [-0.4, -0.2) is 41.6 Å². The van der Waals surface area contributed by atoms with Crippen LogP contribution in [0.15, 0.2) is 12.3 Å². The number of aromatic nitrogens is 1. The number of nitrogens with one attached hydrogen (secondary N) is 1. The molecule has 1 amide bonds. The molecule has 0 aliphatic rings. The van der Waals surface area contributed by atoms with E-state index in [-0.39, 0.29) is 17.1 Å². The molecule has 0 radical (unpaired) electrons. The van der Waals surface area contributed by atoms with Crippen LogP contribution in [0.5, 0.6) is 0 Å². The zero-order chi connectivity index (χ0) is 16.0. The number of hydrogen-bond donors (Lipinski definition) is 1. The fraction of sp³-hybridized carbons (Fsp3) is 0.538. The number of hydrogen-bond acceptors (Lipinski definition) is 3. The van der Waals surface area contributed by atoms with Crippen LogP contribution in [0.25, 0.3) is 0 Å². The van der Waals surface area contributed by atoms with Crippen molar-refractivity contribution in [3.63, 3.8) is 0 Å². The summed E-state index contributed by atoms with van der Waals surface area (Å²) in [6.45, 7) is 2.82. The highest BCUT2D eigenvalue weighted by Gasteiger charge is 2.33. The minimum Gasteiger partial charge on any atom is -0.370 e. The molecule has 0 saturated heterocycles. The van der Waals surface area contributed by atoms with Crippen LogP contribution in [0.2, 0.25) is 5.02 Å². The van der Waals surface area contributed by atoms with Gasteiger partial charge in [0.2, 0.25) is 0 Å². The van der Waals surface area contributed by atoms with E-state index in [2.05, 4.69) is 10.3 Å². The van der Waals surface area contributed by atoms with Crippen LogP contribution in [-0.2, 0) is 0 Å². The number of rotatable bonds is 6. The molecule has 8 heteroatoms. The Hall–Kier alpha value is -1.50. The lowest BCUT2D eigenvalue weighted by atomic mass is 10.2. The summed E-state index contributed by atoms with van der Waals surface area (Å²) in [7, 11) is 0.